The van der Waals surface area contributed by atoms with Gasteiger partial charge in [0.15, 0.2) is 0 Å². The van der Waals surface area contributed by atoms with Crippen molar-refractivity contribution in [1.82, 2.24) is 10.2 Å². The summed E-state index contributed by atoms with van der Waals surface area (Å²) in [5, 5.41) is 12.9. The van der Waals surface area contributed by atoms with E-state index in [1.807, 2.05) is 0 Å². The van der Waals surface area contributed by atoms with E-state index in [4.69, 9.17) is 0 Å². The Morgan fingerprint density at radius 2 is 1.91 bits per heavy atom. The van der Waals surface area contributed by atoms with Crippen LogP contribution in [0.15, 0.2) is 18.2 Å². The quantitative estimate of drug-likeness (QED) is 0.754. The van der Waals surface area contributed by atoms with Gasteiger partial charge in [-0.2, -0.15) is 0 Å². The molecule has 1 aromatic carbocycles. The molecule has 126 valence electrons. The summed E-state index contributed by atoms with van der Waals surface area (Å²) in [6, 6.07) is 2.95. The number of alkyl halides is 3. The van der Waals surface area contributed by atoms with Crippen LogP contribution in [0.1, 0.15) is 12.5 Å². The van der Waals surface area contributed by atoms with Crippen LogP contribution in [0.25, 0.3) is 0 Å². The molecule has 22 heavy (non-hydrogen) atoms. The first-order valence-electron chi connectivity index (χ1n) is 6.60. The average Bonchev–Trinajstić information content (AvgIpc) is 2.28. The summed E-state index contributed by atoms with van der Waals surface area (Å²) in [5.41, 5.74) is -0.895. The molecule has 0 aliphatic heterocycles. The van der Waals surface area contributed by atoms with Crippen LogP contribution in [0.4, 0.5) is 17.6 Å². The predicted octanol–water partition coefficient (Wildman–Crippen LogP) is 2.13. The Morgan fingerprint density at radius 3 is 2.45 bits per heavy atom. The lowest BCUT2D eigenvalue weighted by Gasteiger charge is -2.27. The molecule has 0 aliphatic rings. The second kappa shape index (κ2) is 7.26. The zero-order chi connectivity index (χ0) is 17.0. The number of aliphatic hydroxyl groups is 1. The van der Waals surface area contributed by atoms with Gasteiger partial charge >= 0.3 is 6.36 Å². The van der Waals surface area contributed by atoms with E-state index in [2.05, 4.69) is 10.1 Å². The average molecular weight is 324 g/mol. The normalized spacial score (nSPS) is 15.0. The van der Waals surface area contributed by atoms with Gasteiger partial charge in [0.1, 0.15) is 11.6 Å². The van der Waals surface area contributed by atoms with Gasteiger partial charge in [0, 0.05) is 31.3 Å². The van der Waals surface area contributed by atoms with E-state index in [1.165, 1.54) is 6.07 Å². The molecule has 0 bridgehead atoms. The van der Waals surface area contributed by atoms with Crippen molar-refractivity contribution < 1.29 is 27.4 Å². The topological polar surface area (TPSA) is 44.7 Å². The lowest BCUT2D eigenvalue weighted by molar-refractivity contribution is -0.275. The zero-order valence-electron chi connectivity index (χ0n) is 12.7. The first-order chi connectivity index (χ1) is 9.98. The fourth-order valence-corrected chi connectivity index (χ4v) is 2.10. The van der Waals surface area contributed by atoms with Crippen LogP contribution in [0.5, 0.6) is 5.75 Å². The molecule has 0 spiro atoms. The van der Waals surface area contributed by atoms with Crippen LogP contribution in [0.3, 0.4) is 0 Å². The minimum atomic E-state index is -4.89. The number of halogens is 4. The molecule has 1 atom stereocenters. The first-order valence-corrected chi connectivity index (χ1v) is 6.60. The van der Waals surface area contributed by atoms with Crippen LogP contribution in [-0.4, -0.2) is 49.2 Å². The zero-order valence-corrected chi connectivity index (χ0v) is 12.7. The molecule has 4 nitrogen and oxygen atoms in total. The van der Waals surface area contributed by atoms with E-state index in [1.54, 1.807) is 25.9 Å². The van der Waals surface area contributed by atoms with E-state index in [0.717, 1.165) is 6.07 Å². The van der Waals surface area contributed by atoms with Crippen LogP contribution in [0.2, 0.25) is 0 Å². The number of rotatable bonds is 7. The van der Waals surface area contributed by atoms with Gasteiger partial charge in [-0.25, -0.2) is 4.39 Å². The van der Waals surface area contributed by atoms with Crippen molar-refractivity contribution >= 4 is 0 Å². The molecule has 0 amide bonds. The third kappa shape index (κ3) is 7.06. The Kier molecular flexibility index (Phi) is 6.16. The van der Waals surface area contributed by atoms with Crippen LogP contribution in [0, 0.1) is 5.82 Å². The van der Waals surface area contributed by atoms with Crippen molar-refractivity contribution in [2.24, 2.45) is 0 Å². The van der Waals surface area contributed by atoms with Gasteiger partial charge in [-0.05, 0) is 27.1 Å². The highest BCUT2D eigenvalue weighted by molar-refractivity contribution is 5.34. The lowest BCUT2D eigenvalue weighted by Crippen LogP contribution is -2.45. The molecular weight excluding hydrogens is 304 g/mol. The van der Waals surface area contributed by atoms with E-state index < -0.39 is 23.5 Å². The van der Waals surface area contributed by atoms with Gasteiger partial charge in [0.25, 0.3) is 0 Å². The standard InChI is InChI=1S/C14H20F4N2O2/c1-13(21,9-20(2)3)8-19-7-10-4-5-11(15)6-12(10)22-14(16,17)18/h4-6,19,21H,7-9H2,1-3H3. The molecule has 1 unspecified atom stereocenters. The van der Waals surface area contributed by atoms with Gasteiger partial charge in [-0.1, -0.05) is 6.07 Å². The number of hydrogen-bond acceptors (Lipinski definition) is 4. The van der Waals surface area contributed by atoms with Crippen molar-refractivity contribution in [3.8, 4) is 5.75 Å². The fraction of sp³-hybridized carbons (Fsp3) is 0.571. The highest BCUT2D eigenvalue weighted by atomic mass is 19.4. The lowest BCUT2D eigenvalue weighted by atomic mass is 10.1. The molecule has 1 rings (SSSR count). The first kappa shape index (κ1) is 18.7. The Hall–Kier alpha value is -1.38. The maximum absolute atomic E-state index is 13.1. The second-order valence-corrected chi connectivity index (χ2v) is 5.64. The van der Waals surface area contributed by atoms with Crippen molar-refractivity contribution in [2.45, 2.75) is 25.4 Å². The number of likely N-dealkylation sites (N-methyl/N-ethyl adjacent to an activating group) is 1. The molecule has 0 aliphatic carbocycles. The summed E-state index contributed by atoms with van der Waals surface area (Å²) in [5.74, 6) is -1.41. The molecule has 1 aromatic rings. The van der Waals surface area contributed by atoms with E-state index >= 15 is 0 Å². The van der Waals surface area contributed by atoms with Crippen molar-refractivity contribution in [3.05, 3.63) is 29.6 Å². The monoisotopic (exact) mass is 324 g/mol. The molecule has 0 saturated heterocycles. The van der Waals surface area contributed by atoms with Crippen LogP contribution in [-0.2, 0) is 6.54 Å². The van der Waals surface area contributed by atoms with Crippen LogP contribution < -0.4 is 10.1 Å². The molecule has 0 radical (unpaired) electrons. The molecule has 0 saturated carbocycles. The SMILES string of the molecule is CN(C)CC(C)(O)CNCc1ccc(F)cc1OC(F)(F)F. The Morgan fingerprint density at radius 1 is 1.27 bits per heavy atom. The molecule has 0 fully saturated rings. The summed E-state index contributed by atoms with van der Waals surface area (Å²) in [7, 11) is 3.59. The van der Waals surface area contributed by atoms with E-state index in [0.29, 0.717) is 12.6 Å². The maximum Gasteiger partial charge on any atom is 0.573 e. The largest absolute Gasteiger partial charge is 0.573 e. The number of nitrogens with one attached hydrogen (secondary N) is 1. The smallest absolute Gasteiger partial charge is 0.405 e. The minimum Gasteiger partial charge on any atom is -0.405 e. The van der Waals surface area contributed by atoms with Crippen molar-refractivity contribution in [2.75, 3.05) is 27.2 Å². The second-order valence-electron chi connectivity index (χ2n) is 5.64. The van der Waals surface area contributed by atoms with Crippen molar-refractivity contribution in [3.63, 3.8) is 0 Å². The van der Waals surface area contributed by atoms with Gasteiger partial charge in [0.05, 0.1) is 5.60 Å². The molecular formula is C14H20F4N2O2. The number of hydrogen-bond donors (Lipinski definition) is 2. The molecule has 2 N–H and O–H groups in total. The van der Waals surface area contributed by atoms with E-state index in [-0.39, 0.29) is 18.7 Å². The highest BCUT2D eigenvalue weighted by Gasteiger charge is 2.32. The summed E-state index contributed by atoms with van der Waals surface area (Å²) >= 11 is 0. The summed E-state index contributed by atoms with van der Waals surface area (Å²) in [4.78, 5) is 1.79. The molecule has 0 aromatic heterocycles. The van der Waals surface area contributed by atoms with E-state index in [9.17, 15) is 22.7 Å². The molecule has 0 heterocycles. The third-order valence-corrected chi connectivity index (χ3v) is 2.73. The summed E-state index contributed by atoms with van der Waals surface area (Å²) in [6.07, 6.45) is -4.89. The molecule has 8 heteroatoms. The van der Waals surface area contributed by atoms with Crippen LogP contribution >= 0.6 is 0 Å². The maximum atomic E-state index is 13.1. The Labute approximate surface area is 126 Å². The predicted molar refractivity (Wildman–Crippen MR) is 74.0 cm³/mol. The van der Waals surface area contributed by atoms with Gasteiger partial charge in [-0.3, -0.25) is 0 Å². The summed E-state index contributed by atoms with van der Waals surface area (Å²) in [6.45, 7) is 2.16. The van der Waals surface area contributed by atoms with Crippen molar-refractivity contribution in [1.29, 1.82) is 0 Å². The van der Waals surface area contributed by atoms with Gasteiger partial charge in [0.2, 0.25) is 0 Å². The Balaban J connectivity index is 2.69. The summed E-state index contributed by atoms with van der Waals surface area (Å²) < 4.78 is 53.8. The number of benzene rings is 1. The minimum absolute atomic E-state index is 0.00920. The number of nitrogens with zero attached hydrogens (tertiary/aromatic N) is 1. The van der Waals surface area contributed by atoms with Gasteiger partial charge in [-0.15, -0.1) is 13.2 Å². The highest BCUT2D eigenvalue weighted by Crippen LogP contribution is 2.27. The number of ether oxygens (including phenoxy) is 1. The fourth-order valence-electron chi connectivity index (χ4n) is 2.10. The van der Waals surface area contributed by atoms with Gasteiger partial charge < -0.3 is 20.1 Å². The third-order valence-electron chi connectivity index (χ3n) is 2.73. The Bertz CT molecular complexity index is 490.